The van der Waals surface area contributed by atoms with Crippen LogP contribution in [0.5, 0.6) is 0 Å². The van der Waals surface area contributed by atoms with Gasteiger partial charge in [-0.1, -0.05) is 34.8 Å². The van der Waals surface area contributed by atoms with Gasteiger partial charge in [0, 0.05) is 17.3 Å². The Hall–Kier alpha value is -1.48. The minimum atomic E-state index is -4.56. The van der Waals surface area contributed by atoms with Gasteiger partial charge in [0.25, 0.3) is 0 Å². The summed E-state index contributed by atoms with van der Waals surface area (Å²) in [4.78, 5) is 3.73. The van der Waals surface area contributed by atoms with E-state index >= 15 is 0 Å². The number of pyridine rings is 1. The largest absolute Gasteiger partial charge is 0.417 e. The highest BCUT2D eigenvalue weighted by atomic mass is 35.5. The van der Waals surface area contributed by atoms with Gasteiger partial charge in [0.15, 0.2) is 0 Å². The first kappa shape index (κ1) is 16.9. The van der Waals surface area contributed by atoms with Gasteiger partial charge in [0.2, 0.25) is 0 Å². The summed E-state index contributed by atoms with van der Waals surface area (Å²) in [5.41, 5.74) is -0.429. The summed E-state index contributed by atoms with van der Waals surface area (Å²) in [5.74, 6) is 0. The number of aromatic nitrogens is 1. The molecule has 0 aliphatic heterocycles. The fourth-order valence-electron chi connectivity index (χ4n) is 1.83. The van der Waals surface area contributed by atoms with Gasteiger partial charge in [0.1, 0.15) is 0 Å². The molecule has 0 N–H and O–H groups in total. The van der Waals surface area contributed by atoms with Crippen LogP contribution in [0.4, 0.5) is 13.2 Å². The van der Waals surface area contributed by atoms with Crippen molar-refractivity contribution in [2.45, 2.75) is 12.6 Å². The highest BCUT2D eigenvalue weighted by molar-refractivity contribution is 6.44. The van der Waals surface area contributed by atoms with Crippen LogP contribution in [-0.2, 0) is 12.6 Å². The Morgan fingerprint density at radius 1 is 1.00 bits per heavy atom. The van der Waals surface area contributed by atoms with Crippen LogP contribution < -0.4 is 0 Å². The summed E-state index contributed by atoms with van der Waals surface area (Å²) in [5, 5.41) is 9.23. The lowest BCUT2D eigenvalue weighted by Gasteiger charge is -2.13. The van der Waals surface area contributed by atoms with Crippen LogP contribution in [0.15, 0.2) is 24.4 Å². The molecule has 0 spiro atoms. The van der Waals surface area contributed by atoms with Crippen molar-refractivity contribution in [1.82, 2.24) is 4.98 Å². The van der Waals surface area contributed by atoms with Gasteiger partial charge in [-0.25, -0.2) is 0 Å². The summed E-state index contributed by atoms with van der Waals surface area (Å²) < 4.78 is 38.6. The highest BCUT2D eigenvalue weighted by Gasteiger charge is 2.32. The molecule has 0 saturated carbocycles. The molecule has 8 heteroatoms. The Labute approximate surface area is 139 Å². The molecular weight excluding hydrogens is 360 g/mol. The fraction of sp³-hybridized carbons (Fsp3) is 0.143. The Morgan fingerprint density at radius 2 is 1.64 bits per heavy atom. The first-order valence-corrected chi connectivity index (χ1v) is 6.95. The van der Waals surface area contributed by atoms with Gasteiger partial charge in [-0.3, -0.25) is 4.98 Å². The lowest BCUT2D eigenvalue weighted by atomic mass is 10.0. The smallest absolute Gasteiger partial charge is 0.259 e. The number of hydrogen-bond acceptors (Lipinski definition) is 2. The first-order chi connectivity index (χ1) is 10.2. The minimum absolute atomic E-state index is 0.0972. The van der Waals surface area contributed by atoms with Gasteiger partial charge in [-0.05, 0) is 18.2 Å². The molecule has 0 unspecified atom stereocenters. The van der Waals surface area contributed by atoms with Gasteiger partial charge in [-0.2, -0.15) is 18.4 Å². The van der Waals surface area contributed by atoms with Crippen LogP contribution in [0.25, 0.3) is 11.1 Å². The molecule has 0 aliphatic rings. The Kier molecular flexibility index (Phi) is 4.86. The molecule has 1 aromatic heterocycles. The van der Waals surface area contributed by atoms with E-state index in [9.17, 15) is 13.2 Å². The monoisotopic (exact) mass is 364 g/mol. The molecule has 0 bridgehead atoms. The number of alkyl halides is 3. The van der Waals surface area contributed by atoms with Crippen molar-refractivity contribution in [3.05, 3.63) is 50.7 Å². The van der Waals surface area contributed by atoms with Crippen molar-refractivity contribution in [2.75, 3.05) is 0 Å². The molecule has 1 heterocycles. The summed E-state index contributed by atoms with van der Waals surface area (Å²) in [6.07, 6.45) is -4.04. The number of nitriles is 1. The van der Waals surface area contributed by atoms with Crippen LogP contribution >= 0.6 is 34.8 Å². The summed E-state index contributed by atoms with van der Waals surface area (Å²) in [6.45, 7) is 0. The maximum absolute atomic E-state index is 12.9. The third kappa shape index (κ3) is 3.46. The molecule has 2 nitrogen and oxygen atoms in total. The lowest BCUT2D eigenvalue weighted by molar-refractivity contribution is -0.137. The van der Waals surface area contributed by atoms with Gasteiger partial charge in [-0.15, -0.1) is 0 Å². The van der Waals surface area contributed by atoms with E-state index in [-0.39, 0.29) is 38.3 Å². The number of hydrogen-bond donors (Lipinski definition) is 0. The fourth-order valence-corrected chi connectivity index (χ4v) is 2.47. The normalized spacial score (nSPS) is 11.3. The molecule has 0 radical (unpaired) electrons. The molecule has 22 heavy (non-hydrogen) atoms. The van der Waals surface area contributed by atoms with Crippen LogP contribution in [0.1, 0.15) is 11.3 Å². The van der Waals surface area contributed by atoms with E-state index in [0.717, 1.165) is 6.07 Å². The number of rotatable bonds is 2. The molecule has 0 amide bonds. The molecule has 0 aliphatic carbocycles. The Morgan fingerprint density at radius 3 is 2.23 bits per heavy atom. The summed E-state index contributed by atoms with van der Waals surface area (Å²) in [7, 11) is 0. The van der Waals surface area contributed by atoms with E-state index in [1.54, 1.807) is 0 Å². The van der Waals surface area contributed by atoms with E-state index in [4.69, 9.17) is 40.1 Å². The molecule has 0 saturated heterocycles. The molecule has 114 valence electrons. The van der Waals surface area contributed by atoms with Crippen molar-refractivity contribution in [1.29, 1.82) is 5.26 Å². The molecule has 1 aromatic carbocycles. The standard InChI is InChI=1S/C14H6Cl3F3N2/c15-10-5-12(17)11(16)4-8(10)9-3-7(14(18,19)20)6-22-13(9)1-2-21/h3-6H,1H2. The van der Waals surface area contributed by atoms with Crippen LogP contribution in [-0.4, -0.2) is 4.98 Å². The predicted octanol–water partition coefficient (Wildman–Crippen LogP) is 5.79. The summed E-state index contributed by atoms with van der Waals surface area (Å²) >= 11 is 17.8. The average molecular weight is 366 g/mol. The Balaban J connectivity index is 2.71. The molecule has 2 aromatic rings. The zero-order valence-electron chi connectivity index (χ0n) is 10.7. The van der Waals surface area contributed by atoms with E-state index in [1.165, 1.54) is 12.1 Å². The van der Waals surface area contributed by atoms with Gasteiger partial charge >= 0.3 is 6.18 Å². The quantitative estimate of drug-likeness (QED) is 0.631. The first-order valence-electron chi connectivity index (χ1n) is 5.82. The third-order valence-corrected chi connectivity index (χ3v) is 3.88. The van der Waals surface area contributed by atoms with E-state index < -0.39 is 11.7 Å². The van der Waals surface area contributed by atoms with E-state index in [1.807, 2.05) is 6.07 Å². The Bertz CT molecular complexity index is 767. The van der Waals surface area contributed by atoms with Crippen LogP contribution in [0.2, 0.25) is 15.1 Å². The van der Waals surface area contributed by atoms with Crippen LogP contribution in [0.3, 0.4) is 0 Å². The molecular formula is C14H6Cl3F3N2. The van der Waals surface area contributed by atoms with Crippen molar-refractivity contribution >= 4 is 34.8 Å². The third-order valence-electron chi connectivity index (χ3n) is 2.84. The SMILES string of the molecule is N#CCc1ncc(C(F)(F)F)cc1-c1cc(Cl)c(Cl)cc1Cl. The van der Waals surface area contributed by atoms with Crippen molar-refractivity contribution in [2.24, 2.45) is 0 Å². The molecule has 0 atom stereocenters. The van der Waals surface area contributed by atoms with Gasteiger partial charge in [0.05, 0.1) is 38.8 Å². The minimum Gasteiger partial charge on any atom is -0.259 e. The average Bonchev–Trinajstić information content (AvgIpc) is 2.42. The number of benzene rings is 1. The highest BCUT2D eigenvalue weighted by Crippen LogP contribution is 2.39. The molecule has 0 fully saturated rings. The lowest BCUT2D eigenvalue weighted by Crippen LogP contribution is -2.07. The van der Waals surface area contributed by atoms with E-state index in [0.29, 0.717) is 6.20 Å². The van der Waals surface area contributed by atoms with Crippen LogP contribution in [0, 0.1) is 11.3 Å². The summed E-state index contributed by atoms with van der Waals surface area (Å²) in [6, 6.07) is 5.43. The van der Waals surface area contributed by atoms with Crippen molar-refractivity contribution in [3.63, 3.8) is 0 Å². The van der Waals surface area contributed by atoms with E-state index in [2.05, 4.69) is 4.98 Å². The van der Waals surface area contributed by atoms with Crippen molar-refractivity contribution in [3.8, 4) is 17.2 Å². The second-order valence-corrected chi connectivity index (χ2v) is 5.52. The predicted molar refractivity (Wildman–Crippen MR) is 79.0 cm³/mol. The second-order valence-electron chi connectivity index (χ2n) is 4.30. The maximum atomic E-state index is 12.9. The zero-order chi connectivity index (χ0) is 16.5. The zero-order valence-corrected chi connectivity index (χ0v) is 12.9. The number of halogens is 6. The topological polar surface area (TPSA) is 36.7 Å². The maximum Gasteiger partial charge on any atom is 0.417 e. The molecule has 2 rings (SSSR count). The second kappa shape index (κ2) is 6.33. The van der Waals surface area contributed by atoms with Crippen molar-refractivity contribution < 1.29 is 13.2 Å². The van der Waals surface area contributed by atoms with Gasteiger partial charge < -0.3 is 0 Å². The number of nitrogens with zero attached hydrogens (tertiary/aromatic N) is 2.